The molecule has 0 unspecified atom stereocenters. The molecule has 15 heavy (non-hydrogen) atoms. The first-order valence-corrected chi connectivity index (χ1v) is 5.85. The Kier molecular flexibility index (Phi) is 3.16. The van der Waals surface area contributed by atoms with Crippen LogP contribution in [-0.4, -0.2) is 18.1 Å². The van der Waals surface area contributed by atoms with E-state index >= 15 is 0 Å². The van der Waals surface area contributed by atoms with Gasteiger partial charge in [-0.25, -0.2) is 9.58 Å². The van der Waals surface area contributed by atoms with Crippen LogP contribution >= 0.6 is 23.2 Å². The number of aromatic nitrogens is 1. The Morgan fingerprint density at radius 2 is 1.87 bits per heavy atom. The van der Waals surface area contributed by atoms with Crippen LogP contribution in [0.1, 0.15) is 19.3 Å². The van der Waals surface area contributed by atoms with Crippen LogP contribution in [0.4, 0.5) is 5.69 Å². The first-order chi connectivity index (χ1) is 7.12. The lowest BCUT2D eigenvalue weighted by atomic mass is 10.1. The summed E-state index contributed by atoms with van der Waals surface area (Å²) in [6.07, 6.45) is 5.28. The molecule has 3 nitrogen and oxygen atoms in total. The molecule has 2 rings (SSSR count). The Morgan fingerprint density at radius 3 is 2.47 bits per heavy atom. The summed E-state index contributed by atoms with van der Waals surface area (Å²) in [6.45, 7) is 1.89. The molecule has 82 valence electrons. The molecular formula is C10H14Cl2N3+. The maximum atomic E-state index is 6.30. The molecule has 1 aromatic heterocycles. The van der Waals surface area contributed by atoms with E-state index in [1.54, 1.807) is 6.20 Å². The predicted molar refractivity (Wildman–Crippen MR) is 63.8 cm³/mol. The Labute approximate surface area is 99.4 Å². The lowest BCUT2D eigenvalue weighted by Crippen LogP contribution is -2.58. The van der Waals surface area contributed by atoms with Crippen LogP contribution in [-0.2, 0) is 0 Å². The van der Waals surface area contributed by atoms with Gasteiger partial charge < -0.3 is 0 Å². The number of quaternary nitrogens is 1. The smallest absolute Gasteiger partial charge is 0.172 e. The first-order valence-electron chi connectivity index (χ1n) is 5.09. The first kappa shape index (κ1) is 11.1. The molecule has 0 spiro atoms. The van der Waals surface area contributed by atoms with Crippen LogP contribution in [0, 0.1) is 0 Å². The van der Waals surface area contributed by atoms with Crippen molar-refractivity contribution < 1.29 is 0 Å². The number of rotatable bonds is 1. The fourth-order valence-corrected chi connectivity index (χ4v) is 2.25. The van der Waals surface area contributed by atoms with Gasteiger partial charge in [-0.05, 0) is 19.3 Å². The number of nitrogens with two attached hydrogens (primary N) is 1. The Hall–Kier alpha value is -0.350. The van der Waals surface area contributed by atoms with Crippen LogP contribution in [0.2, 0.25) is 10.2 Å². The fraction of sp³-hybridized carbons (Fsp3) is 0.500. The van der Waals surface area contributed by atoms with Gasteiger partial charge in [0.15, 0.2) is 5.69 Å². The monoisotopic (exact) mass is 246 g/mol. The third-order valence-corrected chi connectivity index (χ3v) is 3.60. The average Bonchev–Trinajstić information content (AvgIpc) is 2.23. The number of hydrogen-bond donors (Lipinski definition) is 1. The van der Waals surface area contributed by atoms with Crippen LogP contribution < -0.4 is 10.4 Å². The van der Waals surface area contributed by atoms with E-state index in [1.807, 2.05) is 6.07 Å². The van der Waals surface area contributed by atoms with E-state index in [4.69, 9.17) is 29.0 Å². The summed E-state index contributed by atoms with van der Waals surface area (Å²) in [5, 5.41) is 0.812. The summed E-state index contributed by atoms with van der Waals surface area (Å²) in [7, 11) is 0. The second kappa shape index (κ2) is 4.26. The molecule has 0 aliphatic carbocycles. The molecule has 0 bridgehead atoms. The molecule has 5 heteroatoms. The van der Waals surface area contributed by atoms with Crippen molar-refractivity contribution in [2.45, 2.75) is 19.3 Å². The van der Waals surface area contributed by atoms with E-state index in [9.17, 15) is 0 Å². The largest absolute Gasteiger partial charge is 0.237 e. The van der Waals surface area contributed by atoms with Gasteiger partial charge in [0, 0.05) is 6.07 Å². The lowest BCUT2D eigenvalue weighted by Gasteiger charge is -2.35. The van der Waals surface area contributed by atoms with E-state index in [1.165, 1.54) is 6.42 Å². The molecule has 1 aliphatic heterocycles. The molecule has 1 aromatic rings. The van der Waals surface area contributed by atoms with Crippen molar-refractivity contribution in [3.05, 3.63) is 22.4 Å². The Balaban J connectivity index is 2.31. The highest BCUT2D eigenvalue weighted by molar-refractivity contribution is 6.41. The number of halogens is 2. The fourth-order valence-electron chi connectivity index (χ4n) is 1.99. The van der Waals surface area contributed by atoms with Gasteiger partial charge in [-0.1, -0.05) is 23.2 Å². The van der Waals surface area contributed by atoms with Gasteiger partial charge in [-0.15, -0.1) is 0 Å². The van der Waals surface area contributed by atoms with Crippen LogP contribution in [0.25, 0.3) is 0 Å². The quantitative estimate of drug-likeness (QED) is 0.470. The highest BCUT2D eigenvalue weighted by atomic mass is 35.5. The van der Waals surface area contributed by atoms with Gasteiger partial charge in [0.2, 0.25) is 0 Å². The van der Waals surface area contributed by atoms with E-state index in [0.717, 1.165) is 31.6 Å². The van der Waals surface area contributed by atoms with E-state index in [2.05, 4.69) is 4.98 Å². The molecule has 0 aromatic carbocycles. The van der Waals surface area contributed by atoms with Crippen molar-refractivity contribution >= 4 is 28.9 Å². The minimum absolute atomic E-state index is 0.337. The predicted octanol–water partition coefficient (Wildman–Crippen LogP) is 2.75. The molecule has 0 amide bonds. The van der Waals surface area contributed by atoms with Gasteiger partial charge >= 0.3 is 0 Å². The van der Waals surface area contributed by atoms with Crippen molar-refractivity contribution in [1.29, 1.82) is 0 Å². The van der Waals surface area contributed by atoms with Crippen molar-refractivity contribution in [3.63, 3.8) is 0 Å². The molecule has 2 N–H and O–H groups in total. The summed E-state index contributed by atoms with van der Waals surface area (Å²) in [5.74, 6) is 6.30. The number of piperidine rings is 1. The normalized spacial score (nSPS) is 20.2. The third-order valence-electron chi connectivity index (χ3n) is 2.91. The summed E-state index contributed by atoms with van der Waals surface area (Å²) in [5.41, 5.74) is 0.948. The average molecular weight is 247 g/mol. The zero-order valence-corrected chi connectivity index (χ0v) is 9.93. The minimum atomic E-state index is 0.337. The molecule has 0 radical (unpaired) electrons. The van der Waals surface area contributed by atoms with Gasteiger partial charge in [-0.3, -0.25) is 0 Å². The van der Waals surface area contributed by atoms with Gasteiger partial charge in [-0.2, -0.15) is 5.84 Å². The van der Waals surface area contributed by atoms with Crippen molar-refractivity contribution in [1.82, 2.24) is 9.58 Å². The minimum Gasteiger partial charge on any atom is -0.237 e. The summed E-state index contributed by atoms with van der Waals surface area (Å²) >= 11 is 11.7. The van der Waals surface area contributed by atoms with E-state index < -0.39 is 0 Å². The molecule has 0 atom stereocenters. The van der Waals surface area contributed by atoms with Crippen molar-refractivity contribution in [2.24, 2.45) is 5.84 Å². The lowest BCUT2D eigenvalue weighted by molar-refractivity contribution is 0.234. The zero-order chi connectivity index (χ0) is 10.9. The second-order valence-corrected chi connectivity index (χ2v) is 4.77. The van der Waals surface area contributed by atoms with Crippen molar-refractivity contribution in [3.8, 4) is 0 Å². The number of pyridine rings is 1. The third kappa shape index (κ3) is 2.26. The van der Waals surface area contributed by atoms with Gasteiger partial charge in [0.25, 0.3) is 0 Å². The Morgan fingerprint density at radius 1 is 1.20 bits per heavy atom. The highest BCUT2D eigenvalue weighted by Crippen LogP contribution is 2.29. The number of hydrogen-bond acceptors (Lipinski definition) is 2. The molecule has 1 aliphatic rings. The molecule has 0 saturated carbocycles. The van der Waals surface area contributed by atoms with Crippen molar-refractivity contribution in [2.75, 3.05) is 13.1 Å². The summed E-state index contributed by atoms with van der Waals surface area (Å²) in [6, 6.07) is 1.82. The van der Waals surface area contributed by atoms with Gasteiger partial charge in [0.05, 0.1) is 11.2 Å². The second-order valence-electron chi connectivity index (χ2n) is 4.01. The Bertz CT molecular complexity index is 362. The van der Waals surface area contributed by atoms with E-state index in [-0.39, 0.29) is 0 Å². The maximum absolute atomic E-state index is 6.30. The molecule has 1 fully saturated rings. The highest BCUT2D eigenvalue weighted by Gasteiger charge is 2.29. The zero-order valence-electron chi connectivity index (χ0n) is 8.42. The van der Waals surface area contributed by atoms with E-state index in [0.29, 0.717) is 14.8 Å². The molecular weight excluding hydrogens is 233 g/mol. The standard InChI is InChI=1S/C10H14Cl2N3/c11-9-6-8(7-14-10(9)12)15(13)4-2-1-3-5-15/h6-7H,1-5,13H2/q+1. The van der Waals surface area contributed by atoms with Crippen LogP contribution in [0.5, 0.6) is 0 Å². The summed E-state index contributed by atoms with van der Waals surface area (Å²) in [4.78, 5) is 4.04. The molecule has 1 saturated heterocycles. The van der Waals surface area contributed by atoms with Crippen LogP contribution in [0.15, 0.2) is 12.3 Å². The summed E-state index contributed by atoms with van der Waals surface area (Å²) < 4.78 is 0.434. The number of nitrogens with zero attached hydrogens (tertiary/aromatic N) is 2. The SMILES string of the molecule is N[N+]1(c2cnc(Cl)c(Cl)c2)CCCCC1. The van der Waals surface area contributed by atoms with Crippen LogP contribution in [0.3, 0.4) is 0 Å². The maximum Gasteiger partial charge on any atom is 0.172 e. The molecule has 2 heterocycles. The topological polar surface area (TPSA) is 38.9 Å². The van der Waals surface area contributed by atoms with Gasteiger partial charge in [0.1, 0.15) is 18.2 Å².